The SMILES string of the molecule is CO[C@H]1C[C@@H](O[C@@H]2[C@H](C)O[C@H](O[C@@H]3[C@H](C)O[C@H](O[C@@H]4[C@H](C)OC(O)C[C@@H]4OC)C[C@@H]3OC)C[C@@H]2OC)O[C@@H](C)[C@H]1O. The van der Waals surface area contributed by atoms with Gasteiger partial charge in [0.1, 0.15) is 24.4 Å². The minimum Gasteiger partial charge on any atom is -0.388 e. The standard InChI is InChI=1S/C28H50O13/c1-13-25(30)17(31-5)10-22(36-13)39-27-15(3)38-24(12-19(27)33-7)41-28-16(4)37-23(11-20(28)34-8)40-26-14(2)35-21(29)9-18(26)32-6/h13-30H,9-12H2,1-8H3/t13-,14-,15-,16-,17-,18-,19-,20-,21?,22+,23+,24+,25+,26+,27+,28+/m0/s1. The number of aliphatic hydroxyl groups excluding tert-OH is 2. The van der Waals surface area contributed by atoms with Gasteiger partial charge >= 0.3 is 0 Å². The Morgan fingerprint density at radius 1 is 0.463 bits per heavy atom. The van der Waals surface area contributed by atoms with E-state index in [1.54, 1.807) is 35.4 Å². The molecule has 4 saturated heterocycles. The van der Waals surface area contributed by atoms with Gasteiger partial charge in [0.15, 0.2) is 25.2 Å². The first kappa shape index (κ1) is 33.4. The molecule has 4 rings (SSSR count). The maximum absolute atomic E-state index is 10.3. The van der Waals surface area contributed by atoms with E-state index in [1.165, 1.54) is 0 Å². The Kier molecular flexibility index (Phi) is 12.2. The minimum absolute atomic E-state index is 0.316. The summed E-state index contributed by atoms with van der Waals surface area (Å²) in [5, 5.41) is 20.2. The molecule has 0 aromatic rings. The molecule has 0 saturated carbocycles. The Bertz CT molecular complexity index is 790. The van der Waals surface area contributed by atoms with Gasteiger partial charge in [-0.25, -0.2) is 0 Å². The second-order valence-corrected chi connectivity index (χ2v) is 11.4. The molecular weight excluding hydrogens is 544 g/mol. The summed E-state index contributed by atoms with van der Waals surface area (Å²) in [5.74, 6) is 0. The molecule has 16 atom stereocenters. The summed E-state index contributed by atoms with van der Waals surface area (Å²) < 4.78 is 65.6. The lowest BCUT2D eigenvalue weighted by atomic mass is 9.98. The molecule has 0 aliphatic carbocycles. The molecular formula is C28H50O13. The lowest BCUT2D eigenvalue weighted by Crippen LogP contribution is -2.57. The summed E-state index contributed by atoms with van der Waals surface area (Å²) in [6.45, 7) is 7.47. The molecule has 4 aliphatic heterocycles. The Labute approximate surface area is 242 Å². The Morgan fingerprint density at radius 2 is 0.805 bits per heavy atom. The molecule has 0 bridgehead atoms. The van der Waals surface area contributed by atoms with Crippen molar-refractivity contribution < 1.29 is 62.3 Å². The number of aliphatic hydroxyl groups is 2. The Balaban J connectivity index is 1.33. The molecule has 4 aliphatic rings. The van der Waals surface area contributed by atoms with Crippen LogP contribution in [0.1, 0.15) is 53.4 Å². The topological polar surface area (TPSA) is 142 Å². The van der Waals surface area contributed by atoms with Crippen LogP contribution in [0.5, 0.6) is 0 Å². The van der Waals surface area contributed by atoms with Crippen LogP contribution in [0, 0.1) is 0 Å². The number of methoxy groups -OCH3 is 4. The van der Waals surface area contributed by atoms with Gasteiger partial charge in [0.25, 0.3) is 0 Å². The van der Waals surface area contributed by atoms with Crippen molar-refractivity contribution >= 4 is 0 Å². The van der Waals surface area contributed by atoms with Gasteiger partial charge in [0.2, 0.25) is 0 Å². The predicted octanol–water partition coefficient (Wildman–Crippen LogP) is 1.09. The van der Waals surface area contributed by atoms with Crippen molar-refractivity contribution in [3.63, 3.8) is 0 Å². The Hall–Kier alpha value is -0.520. The number of ether oxygens (including phenoxy) is 11. The molecule has 41 heavy (non-hydrogen) atoms. The van der Waals surface area contributed by atoms with Crippen LogP contribution in [-0.4, -0.2) is 137 Å². The van der Waals surface area contributed by atoms with E-state index >= 15 is 0 Å². The quantitative estimate of drug-likeness (QED) is 0.373. The fourth-order valence-electron chi connectivity index (χ4n) is 6.33. The molecule has 13 heteroatoms. The lowest BCUT2D eigenvalue weighted by molar-refractivity contribution is -0.345. The van der Waals surface area contributed by atoms with Crippen LogP contribution in [0.15, 0.2) is 0 Å². The average molecular weight is 595 g/mol. The van der Waals surface area contributed by atoms with Gasteiger partial charge in [-0.15, -0.1) is 0 Å². The molecule has 240 valence electrons. The Morgan fingerprint density at radius 3 is 1.22 bits per heavy atom. The third-order valence-corrected chi connectivity index (χ3v) is 8.67. The van der Waals surface area contributed by atoms with Crippen LogP contribution in [0.4, 0.5) is 0 Å². The van der Waals surface area contributed by atoms with Crippen LogP contribution in [0.3, 0.4) is 0 Å². The summed E-state index contributed by atoms with van der Waals surface area (Å²) in [6, 6.07) is 0. The van der Waals surface area contributed by atoms with Crippen molar-refractivity contribution in [3.05, 3.63) is 0 Å². The molecule has 2 N–H and O–H groups in total. The van der Waals surface area contributed by atoms with E-state index in [0.717, 1.165) is 0 Å². The number of hydrogen-bond donors (Lipinski definition) is 2. The molecule has 1 unspecified atom stereocenters. The van der Waals surface area contributed by atoms with E-state index in [9.17, 15) is 10.2 Å². The first-order valence-electron chi connectivity index (χ1n) is 14.6. The molecule has 0 amide bonds. The zero-order chi connectivity index (χ0) is 29.8. The first-order chi connectivity index (χ1) is 19.6. The van der Waals surface area contributed by atoms with Crippen LogP contribution in [0.2, 0.25) is 0 Å². The van der Waals surface area contributed by atoms with E-state index in [1.807, 2.05) is 20.8 Å². The van der Waals surface area contributed by atoms with Gasteiger partial charge in [0, 0.05) is 54.1 Å². The molecule has 4 fully saturated rings. The highest BCUT2D eigenvalue weighted by molar-refractivity contribution is 4.90. The minimum atomic E-state index is -0.891. The second-order valence-electron chi connectivity index (χ2n) is 11.4. The van der Waals surface area contributed by atoms with Gasteiger partial charge in [-0.05, 0) is 27.7 Å². The van der Waals surface area contributed by atoms with Crippen molar-refractivity contribution in [2.24, 2.45) is 0 Å². The third-order valence-electron chi connectivity index (χ3n) is 8.67. The fraction of sp³-hybridized carbons (Fsp3) is 1.00. The van der Waals surface area contributed by atoms with Crippen molar-refractivity contribution in [1.29, 1.82) is 0 Å². The van der Waals surface area contributed by atoms with Crippen LogP contribution < -0.4 is 0 Å². The normalized spacial score (nSPS) is 49.6. The zero-order valence-electron chi connectivity index (χ0n) is 25.5. The lowest BCUT2D eigenvalue weighted by Gasteiger charge is -2.46. The number of hydrogen-bond acceptors (Lipinski definition) is 13. The summed E-state index contributed by atoms with van der Waals surface area (Å²) >= 11 is 0. The average Bonchev–Trinajstić information content (AvgIpc) is 2.94. The van der Waals surface area contributed by atoms with Gasteiger partial charge in [-0.3, -0.25) is 0 Å². The van der Waals surface area contributed by atoms with Gasteiger partial charge < -0.3 is 62.3 Å². The van der Waals surface area contributed by atoms with Crippen molar-refractivity contribution in [2.75, 3.05) is 28.4 Å². The largest absolute Gasteiger partial charge is 0.388 e. The highest BCUT2D eigenvalue weighted by Crippen LogP contribution is 2.35. The highest BCUT2D eigenvalue weighted by atomic mass is 16.8. The van der Waals surface area contributed by atoms with Gasteiger partial charge in [-0.1, -0.05) is 0 Å². The molecule has 0 aromatic carbocycles. The van der Waals surface area contributed by atoms with E-state index in [-0.39, 0.29) is 42.7 Å². The van der Waals surface area contributed by atoms with Crippen LogP contribution in [0.25, 0.3) is 0 Å². The fourth-order valence-corrected chi connectivity index (χ4v) is 6.33. The summed E-state index contributed by atoms with van der Waals surface area (Å²) in [5.41, 5.74) is 0. The highest BCUT2D eigenvalue weighted by Gasteiger charge is 2.47. The van der Waals surface area contributed by atoms with E-state index in [2.05, 4.69) is 0 Å². The zero-order valence-corrected chi connectivity index (χ0v) is 25.5. The molecule has 0 aromatic heterocycles. The molecule has 4 heterocycles. The number of rotatable bonds is 10. The maximum Gasteiger partial charge on any atom is 0.161 e. The van der Waals surface area contributed by atoms with E-state index in [4.69, 9.17) is 52.1 Å². The van der Waals surface area contributed by atoms with E-state index < -0.39 is 55.7 Å². The van der Waals surface area contributed by atoms with E-state index in [0.29, 0.717) is 25.7 Å². The summed E-state index contributed by atoms with van der Waals surface area (Å²) in [6.07, 6.45) is -5.86. The third kappa shape index (κ3) is 7.96. The molecule has 0 radical (unpaired) electrons. The van der Waals surface area contributed by atoms with Crippen LogP contribution >= 0.6 is 0 Å². The maximum atomic E-state index is 10.3. The van der Waals surface area contributed by atoms with Gasteiger partial charge in [0.05, 0.1) is 48.8 Å². The van der Waals surface area contributed by atoms with Crippen LogP contribution in [-0.2, 0) is 52.1 Å². The second kappa shape index (κ2) is 15.0. The molecule has 13 nitrogen and oxygen atoms in total. The van der Waals surface area contributed by atoms with Gasteiger partial charge in [-0.2, -0.15) is 0 Å². The predicted molar refractivity (Wildman–Crippen MR) is 142 cm³/mol. The molecule has 0 spiro atoms. The van der Waals surface area contributed by atoms with Crippen molar-refractivity contribution in [3.8, 4) is 0 Å². The summed E-state index contributed by atoms with van der Waals surface area (Å²) in [7, 11) is 6.43. The first-order valence-corrected chi connectivity index (χ1v) is 14.6. The monoisotopic (exact) mass is 594 g/mol. The summed E-state index contributed by atoms with van der Waals surface area (Å²) in [4.78, 5) is 0. The van der Waals surface area contributed by atoms with Crippen molar-refractivity contribution in [1.82, 2.24) is 0 Å². The van der Waals surface area contributed by atoms with Crippen molar-refractivity contribution in [2.45, 2.75) is 152 Å². The smallest absolute Gasteiger partial charge is 0.161 e.